The van der Waals surface area contributed by atoms with E-state index in [2.05, 4.69) is 10.6 Å². The monoisotopic (exact) mass is 388 g/mol. The summed E-state index contributed by atoms with van der Waals surface area (Å²) in [5.74, 6) is -0.0683. The zero-order valence-electron chi connectivity index (χ0n) is 16.6. The van der Waals surface area contributed by atoms with E-state index in [4.69, 9.17) is 4.74 Å². The fourth-order valence-corrected chi connectivity index (χ4v) is 2.90. The highest BCUT2D eigenvalue weighted by molar-refractivity contribution is 6.10. The third-order valence-corrected chi connectivity index (χ3v) is 4.43. The lowest BCUT2D eigenvalue weighted by Crippen LogP contribution is -2.25. The van der Waals surface area contributed by atoms with Crippen molar-refractivity contribution >= 4 is 17.5 Å². The molecule has 0 radical (unpaired) electrons. The number of para-hydroxylation sites is 2. The molecule has 0 spiro atoms. The molecule has 0 aromatic heterocycles. The summed E-state index contributed by atoms with van der Waals surface area (Å²) in [6.07, 6.45) is 0. The summed E-state index contributed by atoms with van der Waals surface area (Å²) in [7, 11) is 0. The van der Waals surface area contributed by atoms with Crippen LogP contribution in [0.25, 0.3) is 0 Å². The molecule has 5 nitrogen and oxygen atoms in total. The van der Waals surface area contributed by atoms with Crippen LogP contribution in [0.5, 0.6) is 5.75 Å². The van der Waals surface area contributed by atoms with Gasteiger partial charge < -0.3 is 15.4 Å². The first kappa shape index (κ1) is 20.1. The highest BCUT2D eigenvalue weighted by Gasteiger charge is 2.16. The molecular formula is C24H24N2O3. The average molecular weight is 388 g/mol. The zero-order valence-corrected chi connectivity index (χ0v) is 16.6. The van der Waals surface area contributed by atoms with Gasteiger partial charge in [0.1, 0.15) is 5.75 Å². The molecule has 0 aliphatic heterocycles. The highest BCUT2D eigenvalue weighted by Crippen LogP contribution is 2.21. The van der Waals surface area contributed by atoms with Gasteiger partial charge in [-0.15, -0.1) is 0 Å². The quantitative estimate of drug-likeness (QED) is 0.623. The van der Waals surface area contributed by atoms with Gasteiger partial charge in [-0.2, -0.15) is 0 Å². The van der Waals surface area contributed by atoms with Gasteiger partial charge in [0.2, 0.25) is 0 Å². The Bertz CT molecular complexity index is 997. The van der Waals surface area contributed by atoms with Gasteiger partial charge in [-0.25, -0.2) is 0 Å². The summed E-state index contributed by atoms with van der Waals surface area (Å²) in [5.41, 5.74) is 3.45. The molecule has 0 aliphatic rings. The molecule has 5 heteroatoms. The van der Waals surface area contributed by atoms with Crippen molar-refractivity contribution in [1.29, 1.82) is 0 Å². The molecule has 148 valence electrons. The highest BCUT2D eigenvalue weighted by atomic mass is 16.5. The lowest BCUT2D eigenvalue weighted by atomic mass is 10.1. The molecule has 0 bridgehead atoms. The molecule has 0 aliphatic carbocycles. The first-order valence-electron chi connectivity index (χ1n) is 9.54. The first-order valence-corrected chi connectivity index (χ1v) is 9.54. The second-order valence-corrected chi connectivity index (χ2v) is 6.60. The van der Waals surface area contributed by atoms with Gasteiger partial charge >= 0.3 is 0 Å². The van der Waals surface area contributed by atoms with Gasteiger partial charge in [-0.3, -0.25) is 9.59 Å². The molecular weight excluding hydrogens is 364 g/mol. The van der Waals surface area contributed by atoms with Gasteiger partial charge in [0.05, 0.1) is 23.4 Å². The van der Waals surface area contributed by atoms with Crippen LogP contribution < -0.4 is 15.4 Å². The van der Waals surface area contributed by atoms with Crippen LogP contribution >= 0.6 is 0 Å². The molecule has 0 saturated heterocycles. The third kappa shape index (κ3) is 5.23. The van der Waals surface area contributed by atoms with E-state index in [-0.39, 0.29) is 11.8 Å². The third-order valence-electron chi connectivity index (χ3n) is 4.43. The van der Waals surface area contributed by atoms with E-state index in [1.165, 1.54) is 5.56 Å². The van der Waals surface area contributed by atoms with Crippen LogP contribution in [0.1, 0.15) is 38.8 Å². The minimum absolute atomic E-state index is 0.250. The maximum Gasteiger partial charge on any atom is 0.259 e. The van der Waals surface area contributed by atoms with E-state index in [0.29, 0.717) is 35.7 Å². The first-order chi connectivity index (χ1) is 14.1. The van der Waals surface area contributed by atoms with Crippen LogP contribution in [0.4, 0.5) is 5.69 Å². The molecule has 2 amide bonds. The van der Waals surface area contributed by atoms with Crippen molar-refractivity contribution in [2.75, 3.05) is 11.9 Å². The van der Waals surface area contributed by atoms with Crippen molar-refractivity contribution in [1.82, 2.24) is 5.32 Å². The molecule has 0 fully saturated rings. The summed E-state index contributed by atoms with van der Waals surface area (Å²) in [4.78, 5) is 25.5. The average Bonchev–Trinajstić information content (AvgIpc) is 2.74. The van der Waals surface area contributed by atoms with E-state index < -0.39 is 0 Å². The van der Waals surface area contributed by atoms with Gasteiger partial charge in [0, 0.05) is 6.54 Å². The van der Waals surface area contributed by atoms with Crippen molar-refractivity contribution < 1.29 is 14.3 Å². The lowest BCUT2D eigenvalue weighted by molar-refractivity contribution is 0.0952. The molecule has 0 heterocycles. The Balaban J connectivity index is 1.74. The minimum atomic E-state index is -0.326. The number of rotatable bonds is 7. The normalized spacial score (nSPS) is 10.3. The fraction of sp³-hybridized carbons (Fsp3) is 0.167. The Kier molecular flexibility index (Phi) is 6.63. The van der Waals surface area contributed by atoms with Gasteiger partial charge in [0.15, 0.2) is 0 Å². The lowest BCUT2D eigenvalue weighted by Gasteiger charge is -2.13. The van der Waals surface area contributed by atoms with Crippen LogP contribution in [0.15, 0.2) is 72.8 Å². The molecule has 3 rings (SSSR count). The van der Waals surface area contributed by atoms with Crippen molar-refractivity contribution in [3.63, 3.8) is 0 Å². The predicted octanol–water partition coefficient (Wildman–Crippen LogP) is 4.58. The standard InChI is InChI=1S/C24H24N2O3/c1-3-29-22-11-7-5-9-20(22)24(28)26-21-10-6-4-8-19(21)23(27)25-16-18-14-12-17(2)13-15-18/h4-15H,3,16H2,1-2H3,(H,25,27)(H,26,28). The Morgan fingerprint density at radius 2 is 1.48 bits per heavy atom. The molecule has 0 unspecified atom stereocenters. The summed E-state index contributed by atoms with van der Waals surface area (Å²) < 4.78 is 5.53. The molecule has 29 heavy (non-hydrogen) atoms. The Morgan fingerprint density at radius 3 is 2.21 bits per heavy atom. The van der Waals surface area contributed by atoms with Gasteiger partial charge in [-0.05, 0) is 43.7 Å². The van der Waals surface area contributed by atoms with Crippen LogP contribution in [-0.4, -0.2) is 18.4 Å². The SMILES string of the molecule is CCOc1ccccc1C(=O)Nc1ccccc1C(=O)NCc1ccc(C)cc1. The van der Waals surface area contributed by atoms with Crippen LogP contribution in [0.2, 0.25) is 0 Å². The summed E-state index contributed by atoms with van der Waals surface area (Å²) >= 11 is 0. The summed E-state index contributed by atoms with van der Waals surface area (Å²) in [5, 5.41) is 5.74. The maximum absolute atomic E-state index is 12.8. The van der Waals surface area contributed by atoms with E-state index in [1.54, 1.807) is 42.5 Å². The van der Waals surface area contributed by atoms with Gasteiger partial charge in [0.25, 0.3) is 11.8 Å². The maximum atomic E-state index is 12.8. The van der Waals surface area contributed by atoms with E-state index in [9.17, 15) is 9.59 Å². The molecule has 2 N–H and O–H groups in total. The number of ether oxygens (including phenoxy) is 1. The number of carbonyl (C=O) groups excluding carboxylic acids is 2. The summed E-state index contributed by atoms with van der Waals surface area (Å²) in [6, 6.07) is 22.0. The molecule has 0 atom stereocenters. The number of anilines is 1. The predicted molar refractivity (Wildman–Crippen MR) is 114 cm³/mol. The zero-order chi connectivity index (χ0) is 20.6. The van der Waals surface area contributed by atoms with Crippen LogP contribution in [-0.2, 0) is 6.54 Å². The minimum Gasteiger partial charge on any atom is -0.493 e. The number of aryl methyl sites for hydroxylation is 1. The Hall–Kier alpha value is -3.60. The number of carbonyl (C=O) groups is 2. The second-order valence-electron chi connectivity index (χ2n) is 6.60. The molecule has 0 saturated carbocycles. The second kappa shape index (κ2) is 9.55. The summed E-state index contributed by atoms with van der Waals surface area (Å²) in [6.45, 7) is 4.75. The number of nitrogens with one attached hydrogen (secondary N) is 2. The fourth-order valence-electron chi connectivity index (χ4n) is 2.90. The number of hydrogen-bond acceptors (Lipinski definition) is 3. The van der Waals surface area contributed by atoms with Crippen molar-refractivity contribution in [2.45, 2.75) is 20.4 Å². The van der Waals surface area contributed by atoms with E-state index in [0.717, 1.165) is 5.56 Å². The number of amides is 2. The van der Waals surface area contributed by atoms with Crippen molar-refractivity contribution in [3.05, 3.63) is 95.1 Å². The number of benzene rings is 3. The van der Waals surface area contributed by atoms with Crippen LogP contribution in [0.3, 0.4) is 0 Å². The molecule has 3 aromatic rings. The van der Waals surface area contributed by atoms with E-state index in [1.807, 2.05) is 44.2 Å². The van der Waals surface area contributed by atoms with Gasteiger partial charge in [-0.1, -0.05) is 54.1 Å². The smallest absolute Gasteiger partial charge is 0.259 e. The topological polar surface area (TPSA) is 67.4 Å². The van der Waals surface area contributed by atoms with Crippen LogP contribution in [0, 0.1) is 6.92 Å². The Morgan fingerprint density at radius 1 is 0.828 bits per heavy atom. The van der Waals surface area contributed by atoms with Crippen molar-refractivity contribution in [3.8, 4) is 5.75 Å². The number of hydrogen-bond donors (Lipinski definition) is 2. The largest absolute Gasteiger partial charge is 0.493 e. The Labute approximate surface area is 170 Å². The molecule has 3 aromatic carbocycles. The van der Waals surface area contributed by atoms with E-state index >= 15 is 0 Å². The van der Waals surface area contributed by atoms with Crippen molar-refractivity contribution in [2.24, 2.45) is 0 Å².